The molecular weight excluding hydrogens is 390 g/mol. The highest BCUT2D eigenvalue weighted by Crippen LogP contribution is 2.21. The summed E-state index contributed by atoms with van der Waals surface area (Å²) in [6.07, 6.45) is 3.72. The Morgan fingerprint density at radius 3 is 2.39 bits per heavy atom. The Hall–Kier alpha value is -3.74. The molecule has 7 nitrogen and oxygen atoms in total. The maximum Gasteiger partial charge on any atom is 0.264 e. The van der Waals surface area contributed by atoms with Crippen molar-refractivity contribution in [2.45, 2.75) is 32.9 Å². The molecular formula is C24H25N5O2. The van der Waals surface area contributed by atoms with E-state index in [-0.39, 0.29) is 24.1 Å². The molecule has 158 valence electrons. The van der Waals surface area contributed by atoms with Crippen molar-refractivity contribution < 1.29 is 4.79 Å². The molecule has 31 heavy (non-hydrogen) atoms. The molecule has 0 spiro atoms. The number of hydrogen-bond donors (Lipinski definition) is 1. The van der Waals surface area contributed by atoms with Gasteiger partial charge in [-0.2, -0.15) is 5.10 Å². The second-order valence-electron chi connectivity index (χ2n) is 7.97. The summed E-state index contributed by atoms with van der Waals surface area (Å²) in [6, 6.07) is 19.3. The van der Waals surface area contributed by atoms with Crippen LogP contribution in [0, 0.1) is 5.92 Å². The highest BCUT2D eigenvalue weighted by Gasteiger charge is 2.18. The molecule has 1 atom stereocenters. The lowest BCUT2D eigenvalue weighted by atomic mass is 9.97. The van der Waals surface area contributed by atoms with Crippen LogP contribution in [0.25, 0.3) is 16.7 Å². The molecule has 0 saturated heterocycles. The third-order valence-electron chi connectivity index (χ3n) is 5.11. The van der Waals surface area contributed by atoms with Crippen molar-refractivity contribution in [2.24, 2.45) is 5.92 Å². The topological polar surface area (TPSA) is 81.8 Å². The van der Waals surface area contributed by atoms with Gasteiger partial charge in [0.05, 0.1) is 17.9 Å². The van der Waals surface area contributed by atoms with E-state index >= 15 is 0 Å². The molecule has 0 aliphatic heterocycles. The number of amides is 1. The van der Waals surface area contributed by atoms with Gasteiger partial charge in [0.1, 0.15) is 18.3 Å². The molecule has 1 N–H and O–H groups in total. The average molecular weight is 415 g/mol. The number of nitrogens with zero attached hydrogens (tertiary/aromatic N) is 4. The fraction of sp³-hybridized carbons (Fsp3) is 0.250. The van der Waals surface area contributed by atoms with Crippen molar-refractivity contribution in [3.63, 3.8) is 0 Å². The molecule has 0 aliphatic rings. The standard InChI is InChI=1S/C24H25N5O2/c1-17(2)13-21(18-9-5-3-6-10-18)27-22(30)15-28-16-25-23-20(24(28)31)14-26-29(23)19-11-7-4-8-12-19/h3-12,14,16-17,21H,13,15H2,1-2H3,(H,27,30)/t21-/m1/s1. The van der Waals surface area contributed by atoms with Crippen molar-refractivity contribution in [3.8, 4) is 5.69 Å². The lowest BCUT2D eigenvalue weighted by Crippen LogP contribution is -2.35. The maximum atomic E-state index is 12.9. The summed E-state index contributed by atoms with van der Waals surface area (Å²) in [5.41, 5.74) is 2.05. The number of para-hydroxylation sites is 1. The van der Waals surface area contributed by atoms with Crippen LogP contribution in [0.4, 0.5) is 0 Å². The fourth-order valence-electron chi connectivity index (χ4n) is 3.65. The van der Waals surface area contributed by atoms with E-state index in [1.807, 2.05) is 60.7 Å². The van der Waals surface area contributed by atoms with Gasteiger partial charge in [-0.3, -0.25) is 14.2 Å². The molecule has 0 radical (unpaired) electrons. The fourth-order valence-corrected chi connectivity index (χ4v) is 3.65. The van der Waals surface area contributed by atoms with Crippen molar-refractivity contribution in [3.05, 3.63) is 89.1 Å². The first-order valence-electron chi connectivity index (χ1n) is 10.4. The Kier molecular flexibility index (Phi) is 5.93. The summed E-state index contributed by atoms with van der Waals surface area (Å²) in [7, 11) is 0. The molecule has 4 aromatic rings. The van der Waals surface area contributed by atoms with Crippen molar-refractivity contribution in [1.29, 1.82) is 0 Å². The highest BCUT2D eigenvalue weighted by molar-refractivity contribution is 5.78. The number of aromatic nitrogens is 4. The van der Waals surface area contributed by atoms with E-state index in [2.05, 4.69) is 29.2 Å². The zero-order chi connectivity index (χ0) is 21.8. The summed E-state index contributed by atoms with van der Waals surface area (Å²) in [5, 5.41) is 7.76. The molecule has 2 aromatic heterocycles. The van der Waals surface area contributed by atoms with Gasteiger partial charge in [-0.25, -0.2) is 9.67 Å². The summed E-state index contributed by atoms with van der Waals surface area (Å²) in [5.74, 6) is 0.184. The Morgan fingerprint density at radius 2 is 1.71 bits per heavy atom. The number of carbonyl (C=O) groups is 1. The zero-order valence-corrected chi connectivity index (χ0v) is 17.6. The number of carbonyl (C=O) groups excluding carboxylic acids is 1. The predicted molar refractivity (Wildman–Crippen MR) is 120 cm³/mol. The quantitative estimate of drug-likeness (QED) is 0.501. The summed E-state index contributed by atoms with van der Waals surface area (Å²) in [6.45, 7) is 4.14. The average Bonchev–Trinajstić information content (AvgIpc) is 3.21. The third-order valence-corrected chi connectivity index (χ3v) is 5.11. The first-order valence-corrected chi connectivity index (χ1v) is 10.4. The van der Waals surface area contributed by atoms with Crippen LogP contribution >= 0.6 is 0 Å². The van der Waals surface area contributed by atoms with Crippen LogP contribution in [-0.2, 0) is 11.3 Å². The summed E-state index contributed by atoms with van der Waals surface area (Å²) < 4.78 is 2.95. The highest BCUT2D eigenvalue weighted by atomic mass is 16.2. The first-order chi connectivity index (χ1) is 15.0. The van der Waals surface area contributed by atoms with E-state index < -0.39 is 0 Å². The second kappa shape index (κ2) is 8.95. The van der Waals surface area contributed by atoms with E-state index in [4.69, 9.17) is 0 Å². The Morgan fingerprint density at radius 1 is 1.03 bits per heavy atom. The van der Waals surface area contributed by atoms with Gasteiger partial charge < -0.3 is 5.32 Å². The van der Waals surface area contributed by atoms with Gasteiger partial charge in [0.25, 0.3) is 5.56 Å². The molecule has 0 aliphatic carbocycles. The minimum atomic E-state index is -0.289. The van der Waals surface area contributed by atoms with Crippen LogP contribution in [0.15, 0.2) is 78.0 Å². The van der Waals surface area contributed by atoms with E-state index in [9.17, 15) is 9.59 Å². The van der Waals surface area contributed by atoms with E-state index in [1.54, 1.807) is 4.68 Å². The minimum Gasteiger partial charge on any atom is -0.348 e. The van der Waals surface area contributed by atoms with E-state index in [0.717, 1.165) is 17.7 Å². The molecule has 2 aromatic carbocycles. The van der Waals surface area contributed by atoms with Crippen LogP contribution in [-0.4, -0.2) is 25.2 Å². The molecule has 1 amide bonds. The molecule has 2 heterocycles. The number of benzene rings is 2. The Bertz CT molecular complexity index is 1230. The van der Waals surface area contributed by atoms with Crippen molar-refractivity contribution >= 4 is 16.9 Å². The van der Waals surface area contributed by atoms with Crippen LogP contribution in [0.5, 0.6) is 0 Å². The van der Waals surface area contributed by atoms with Crippen LogP contribution in [0.1, 0.15) is 31.9 Å². The van der Waals surface area contributed by atoms with Crippen LogP contribution < -0.4 is 10.9 Å². The normalized spacial score (nSPS) is 12.2. The van der Waals surface area contributed by atoms with E-state index in [0.29, 0.717) is 17.0 Å². The zero-order valence-electron chi connectivity index (χ0n) is 17.6. The van der Waals surface area contributed by atoms with Crippen molar-refractivity contribution in [1.82, 2.24) is 24.6 Å². The molecule has 4 rings (SSSR count). The van der Waals surface area contributed by atoms with Gasteiger partial charge in [0, 0.05) is 0 Å². The number of nitrogens with one attached hydrogen (secondary N) is 1. The van der Waals surface area contributed by atoms with Gasteiger partial charge >= 0.3 is 0 Å². The van der Waals surface area contributed by atoms with Gasteiger partial charge in [-0.15, -0.1) is 0 Å². The largest absolute Gasteiger partial charge is 0.348 e. The third kappa shape index (κ3) is 4.55. The number of rotatable bonds is 7. The minimum absolute atomic E-state index is 0.0975. The molecule has 7 heteroatoms. The lowest BCUT2D eigenvalue weighted by molar-refractivity contribution is -0.122. The summed E-state index contributed by atoms with van der Waals surface area (Å²) in [4.78, 5) is 30.1. The predicted octanol–water partition coefficient (Wildman–Crippen LogP) is 3.49. The maximum absolute atomic E-state index is 12.9. The van der Waals surface area contributed by atoms with Crippen LogP contribution in [0.3, 0.4) is 0 Å². The smallest absolute Gasteiger partial charge is 0.264 e. The molecule has 0 saturated carbocycles. The van der Waals surface area contributed by atoms with Gasteiger partial charge in [-0.1, -0.05) is 62.4 Å². The molecule has 0 unspecified atom stereocenters. The van der Waals surface area contributed by atoms with Crippen molar-refractivity contribution in [2.75, 3.05) is 0 Å². The van der Waals surface area contributed by atoms with Gasteiger partial charge in [0.2, 0.25) is 5.91 Å². The molecule has 0 bridgehead atoms. The van der Waals surface area contributed by atoms with E-state index in [1.165, 1.54) is 17.1 Å². The number of fused-ring (bicyclic) bond motifs is 1. The summed E-state index contributed by atoms with van der Waals surface area (Å²) >= 11 is 0. The molecule has 0 fully saturated rings. The second-order valence-corrected chi connectivity index (χ2v) is 7.97. The SMILES string of the molecule is CC(C)C[C@@H](NC(=O)Cn1cnc2c(cnn2-c2ccccc2)c1=O)c1ccccc1. The Balaban J connectivity index is 1.56. The van der Waals surface area contributed by atoms with Crippen LogP contribution in [0.2, 0.25) is 0 Å². The lowest BCUT2D eigenvalue weighted by Gasteiger charge is -2.21. The number of hydrogen-bond acceptors (Lipinski definition) is 4. The van der Waals surface area contributed by atoms with Gasteiger partial charge in [-0.05, 0) is 30.0 Å². The first kappa shape index (κ1) is 20.5. The monoisotopic (exact) mass is 415 g/mol. The van der Waals surface area contributed by atoms with Gasteiger partial charge in [0.15, 0.2) is 5.65 Å². The Labute approximate surface area is 180 Å².